The summed E-state index contributed by atoms with van der Waals surface area (Å²) in [7, 11) is -4.39. The van der Waals surface area contributed by atoms with Crippen LogP contribution in [0.5, 0.6) is 0 Å². The number of halogens is 2. The molecule has 0 radical (unpaired) electrons. The summed E-state index contributed by atoms with van der Waals surface area (Å²) in [6, 6.07) is 7.41. The Morgan fingerprint density at radius 1 is 1.18 bits per heavy atom. The molecule has 1 unspecified atom stereocenters. The molecule has 0 fully saturated rings. The predicted molar refractivity (Wildman–Crippen MR) is 143 cm³/mol. The third kappa shape index (κ3) is 6.54. The second-order valence-electron chi connectivity index (χ2n) is 8.35. The highest BCUT2D eigenvalue weighted by Gasteiger charge is 2.29. The Bertz CT molecular complexity index is 1470. The van der Waals surface area contributed by atoms with E-state index in [1.54, 1.807) is 24.4 Å². The molecule has 0 saturated carbocycles. The SMILES string of the molecule is O=C(NCC(NS(=O)(=O)c1c(Cl)cccc1Cl)C(=O)O)c1ccc2c(cnn2CCCNC2=NCCN2)c1. The van der Waals surface area contributed by atoms with E-state index in [4.69, 9.17) is 23.2 Å². The van der Waals surface area contributed by atoms with Crippen molar-refractivity contribution in [2.45, 2.75) is 23.9 Å². The number of carboxylic acid groups (broad SMARTS) is 1. The molecule has 2 heterocycles. The number of aryl methyl sites for hydroxylation is 1. The first-order chi connectivity index (χ1) is 18.2. The van der Waals surface area contributed by atoms with E-state index in [0.29, 0.717) is 6.54 Å². The van der Waals surface area contributed by atoms with Crippen molar-refractivity contribution in [2.75, 3.05) is 26.2 Å². The quantitative estimate of drug-likeness (QED) is 0.212. The summed E-state index contributed by atoms with van der Waals surface area (Å²) in [5, 5.41) is 23.1. The normalized spacial score (nSPS) is 14.1. The van der Waals surface area contributed by atoms with Gasteiger partial charge in [0.25, 0.3) is 5.91 Å². The fourth-order valence-corrected chi connectivity index (χ4v) is 6.15. The van der Waals surface area contributed by atoms with E-state index in [1.165, 1.54) is 18.2 Å². The van der Waals surface area contributed by atoms with E-state index in [9.17, 15) is 23.1 Å². The number of fused-ring (bicyclic) bond motifs is 1. The molecule has 12 nitrogen and oxygen atoms in total. The standard InChI is InChI=1S/C23H25Cl2N7O5S/c24-16-3-1-4-17(25)20(16)38(36,37)31-18(22(34)35)13-29-21(33)14-5-6-19-15(11-14)12-30-32(19)10-2-7-26-23-27-8-9-28-23/h1,3-6,11-12,18,31H,2,7-10,13H2,(H,29,33)(H,34,35)(H2,26,27,28). The Morgan fingerprint density at radius 2 is 1.95 bits per heavy atom. The van der Waals surface area contributed by atoms with Crippen molar-refractivity contribution in [3.63, 3.8) is 0 Å². The number of guanidine groups is 1. The van der Waals surface area contributed by atoms with Gasteiger partial charge in [0.2, 0.25) is 10.0 Å². The average molecular weight is 582 g/mol. The molecule has 1 amide bonds. The maximum atomic E-state index is 12.7. The Hall–Kier alpha value is -3.39. The molecule has 1 atom stereocenters. The predicted octanol–water partition coefficient (Wildman–Crippen LogP) is 1.44. The van der Waals surface area contributed by atoms with Crippen molar-refractivity contribution in [2.24, 2.45) is 4.99 Å². The molecule has 5 N–H and O–H groups in total. The van der Waals surface area contributed by atoms with Crippen LogP contribution in [0, 0.1) is 0 Å². The molecule has 2 aromatic carbocycles. The van der Waals surface area contributed by atoms with Crippen molar-refractivity contribution in [3.8, 4) is 0 Å². The number of aliphatic carboxylic acids is 1. The van der Waals surface area contributed by atoms with E-state index in [-0.39, 0.29) is 15.6 Å². The van der Waals surface area contributed by atoms with Gasteiger partial charge in [0.15, 0.2) is 5.96 Å². The van der Waals surface area contributed by atoms with Gasteiger partial charge in [-0.2, -0.15) is 9.82 Å². The van der Waals surface area contributed by atoms with E-state index in [1.807, 2.05) is 9.40 Å². The molecule has 3 aromatic rings. The molecular formula is C23H25Cl2N7O5S. The van der Waals surface area contributed by atoms with Crippen LogP contribution in [0.2, 0.25) is 10.0 Å². The molecule has 0 aliphatic carbocycles. The van der Waals surface area contributed by atoms with Crippen molar-refractivity contribution < 1.29 is 23.1 Å². The van der Waals surface area contributed by atoms with Crippen LogP contribution in [0.1, 0.15) is 16.8 Å². The number of nitrogens with one attached hydrogen (secondary N) is 4. The van der Waals surface area contributed by atoms with Crippen molar-refractivity contribution in [3.05, 3.63) is 58.2 Å². The lowest BCUT2D eigenvalue weighted by Crippen LogP contribution is -2.48. The van der Waals surface area contributed by atoms with Crippen LogP contribution in [-0.4, -0.2) is 73.4 Å². The number of amides is 1. The summed E-state index contributed by atoms with van der Waals surface area (Å²) in [5.74, 6) is -1.26. The van der Waals surface area contributed by atoms with Gasteiger partial charge in [0, 0.05) is 37.1 Å². The molecule has 202 valence electrons. The van der Waals surface area contributed by atoms with Gasteiger partial charge in [-0.1, -0.05) is 29.3 Å². The van der Waals surface area contributed by atoms with Crippen LogP contribution in [0.4, 0.5) is 0 Å². The van der Waals surface area contributed by atoms with Gasteiger partial charge in [0.05, 0.1) is 28.3 Å². The fourth-order valence-electron chi connectivity index (χ4n) is 3.82. The van der Waals surface area contributed by atoms with Gasteiger partial charge in [0.1, 0.15) is 10.9 Å². The van der Waals surface area contributed by atoms with Gasteiger partial charge in [-0.05, 0) is 36.8 Å². The minimum atomic E-state index is -4.39. The van der Waals surface area contributed by atoms with Crippen LogP contribution >= 0.6 is 23.2 Å². The van der Waals surface area contributed by atoms with E-state index >= 15 is 0 Å². The molecule has 15 heteroatoms. The summed E-state index contributed by atoms with van der Waals surface area (Å²) in [6.45, 7) is 2.48. The second-order valence-corrected chi connectivity index (χ2v) is 10.8. The van der Waals surface area contributed by atoms with Crippen molar-refractivity contribution >= 4 is 62.0 Å². The van der Waals surface area contributed by atoms with Crippen LogP contribution < -0.4 is 20.7 Å². The Balaban J connectivity index is 1.36. The molecular weight excluding hydrogens is 557 g/mol. The highest BCUT2D eigenvalue weighted by molar-refractivity contribution is 7.89. The maximum Gasteiger partial charge on any atom is 0.323 e. The van der Waals surface area contributed by atoms with Gasteiger partial charge in [-0.25, -0.2) is 8.42 Å². The molecule has 1 aliphatic heterocycles. The first-order valence-corrected chi connectivity index (χ1v) is 13.8. The summed E-state index contributed by atoms with van der Waals surface area (Å²) >= 11 is 11.9. The van der Waals surface area contributed by atoms with Crippen LogP contribution in [0.25, 0.3) is 10.9 Å². The minimum absolute atomic E-state index is 0.163. The number of hydrogen-bond donors (Lipinski definition) is 5. The van der Waals surface area contributed by atoms with Gasteiger partial charge in [-0.15, -0.1) is 0 Å². The third-order valence-electron chi connectivity index (χ3n) is 5.67. The molecule has 1 aliphatic rings. The van der Waals surface area contributed by atoms with Crippen LogP contribution in [0.15, 0.2) is 52.5 Å². The lowest BCUT2D eigenvalue weighted by atomic mass is 10.1. The lowest BCUT2D eigenvalue weighted by Gasteiger charge is -2.17. The number of carboxylic acids is 1. The monoisotopic (exact) mass is 581 g/mol. The van der Waals surface area contributed by atoms with Crippen molar-refractivity contribution in [1.82, 2.24) is 30.5 Å². The second kappa shape index (κ2) is 12.0. The van der Waals surface area contributed by atoms with Crippen LogP contribution in [-0.2, 0) is 21.4 Å². The van der Waals surface area contributed by atoms with Gasteiger partial charge in [-0.3, -0.25) is 19.3 Å². The number of carbonyl (C=O) groups is 2. The highest BCUT2D eigenvalue weighted by Crippen LogP contribution is 2.29. The number of carbonyl (C=O) groups excluding carboxylic acids is 1. The zero-order chi connectivity index (χ0) is 27.3. The van der Waals surface area contributed by atoms with Gasteiger partial charge >= 0.3 is 5.97 Å². The number of aliphatic imine (C=N–C) groups is 1. The molecule has 1 aromatic heterocycles. The van der Waals surface area contributed by atoms with E-state index in [2.05, 4.69) is 26.0 Å². The summed E-state index contributed by atoms with van der Waals surface area (Å²) in [4.78, 5) is 28.3. The van der Waals surface area contributed by atoms with Crippen molar-refractivity contribution in [1.29, 1.82) is 0 Å². The summed E-state index contributed by atoms with van der Waals surface area (Å²) in [6.07, 6.45) is 2.45. The Labute approximate surface area is 228 Å². The number of aromatic nitrogens is 2. The first-order valence-electron chi connectivity index (χ1n) is 11.6. The lowest BCUT2D eigenvalue weighted by molar-refractivity contribution is -0.138. The number of rotatable bonds is 11. The van der Waals surface area contributed by atoms with Crippen LogP contribution in [0.3, 0.4) is 0 Å². The smallest absolute Gasteiger partial charge is 0.323 e. The number of hydrogen-bond acceptors (Lipinski definition) is 8. The third-order valence-corrected chi connectivity index (χ3v) is 8.09. The topological polar surface area (TPSA) is 167 Å². The average Bonchev–Trinajstić information content (AvgIpc) is 3.53. The van der Waals surface area contributed by atoms with E-state index in [0.717, 1.165) is 42.9 Å². The Kier molecular flexibility index (Phi) is 8.72. The molecule has 38 heavy (non-hydrogen) atoms. The van der Waals surface area contributed by atoms with Gasteiger partial charge < -0.3 is 21.1 Å². The zero-order valence-electron chi connectivity index (χ0n) is 19.9. The fraction of sp³-hybridized carbons (Fsp3) is 0.304. The molecule has 4 rings (SSSR count). The maximum absolute atomic E-state index is 12.7. The first kappa shape index (κ1) is 27.6. The number of benzene rings is 2. The Morgan fingerprint density at radius 3 is 2.63 bits per heavy atom. The summed E-state index contributed by atoms with van der Waals surface area (Å²) in [5.41, 5.74) is 1.11. The highest BCUT2D eigenvalue weighted by atomic mass is 35.5. The molecule has 0 bridgehead atoms. The zero-order valence-corrected chi connectivity index (χ0v) is 22.3. The number of nitrogens with zero attached hydrogens (tertiary/aromatic N) is 3. The largest absolute Gasteiger partial charge is 0.480 e. The molecule has 0 spiro atoms. The minimum Gasteiger partial charge on any atom is -0.480 e. The number of sulfonamides is 1. The van der Waals surface area contributed by atoms with E-state index < -0.39 is 39.4 Å². The molecule has 0 saturated heterocycles. The summed E-state index contributed by atoms with van der Waals surface area (Å²) < 4.78 is 29.3.